The molecule has 0 bridgehead atoms. The van der Waals surface area contributed by atoms with Crippen molar-refractivity contribution < 1.29 is 14.6 Å². The Balaban J connectivity index is 1.71. The van der Waals surface area contributed by atoms with Crippen LogP contribution in [0.15, 0.2) is 53.3 Å². The van der Waals surface area contributed by atoms with Gasteiger partial charge in [0.25, 0.3) is 5.56 Å². The molecule has 0 radical (unpaired) electrons. The Morgan fingerprint density at radius 1 is 1.23 bits per heavy atom. The van der Waals surface area contributed by atoms with Crippen LogP contribution in [0, 0.1) is 0 Å². The fourth-order valence-electron chi connectivity index (χ4n) is 2.66. The highest BCUT2D eigenvalue weighted by atomic mass is 32.1. The Hall–Kier alpha value is -3.19. The standard InChI is InChI=1S/C19H14N2O4S/c1-11(18(23)24)25-13-8-6-12(7-9-13)10-16-17(22)21-15-5-3-2-4-14(15)20-19(21)26-16/h2-11H,1H3,(H,23,24)/b16-10-. The molecule has 130 valence electrons. The fourth-order valence-corrected chi connectivity index (χ4v) is 3.65. The van der Waals surface area contributed by atoms with E-state index in [-0.39, 0.29) is 5.56 Å². The Bertz CT molecular complexity index is 1220. The van der Waals surface area contributed by atoms with Crippen molar-refractivity contribution in [3.05, 3.63) is 69.0 Å². The molecule has 4 rings (SSSR count). The number of ether oxygens (including phenoxy) is 1. The number of hydrogen-bond donors (Lipinski definition) is 1. The van der Waals surface area contributed by atoms with Gasteiger partial charge in [0.05, 0.1) is 15.6 Å². The zero-order valence-corrected chi connectivity index (χ0v) is 14.6. The number of fused-ring (bicyclic) bond motifs is 3. The third-order valence-electron chi connectivity index (χ3n) is 3.98. The quantitative estimate of drug-likeness (QED) is 0.599. The van der Waals surface area contributed by atoms with Crippen LogP contribution in [-0.2, 0) is 4.79 Å². The monoisotopic (exact) mass is 366 g/mol. The summed E-state index contributed by atoms with van der Waals surface area (Å²) in [5.74, 6) is -0.558. The second-order valence-electron chi connectivity index (χ2n) is 5.80. The third-order valence-corrected chi connectivity index (χ3v) is 4.95. The maximum absolute atomic E-state index is 12.7. The summed E-state index contributed by atoms with van der Waals surface area (Å²) in [4.78, 5) is 28.7. The summed E-state index contributed by atoms with van der Waals surface area (Å²) in [5.41, 5.74) is 2.33. The van der Waals surface area contributed by atoms with E-state index in [1.165, 1.54) is 18.3 Å². The van der Waals surface area contributed by atoms with Crippen molar-refractivity contribution in [2.75, 3.05) is 0 Å². The largest absolute Gasteiger partial charge is 0.479 e. The molecule has 2 aromatic carbocycles. The molecule has 2 aromatic heterocycles. The number of aliphatic carboxylic acids is 1. The van der Waals surface area contributed by atoms with Crippen molar-refractivity contribution >= 4 is 39.4 Å². The van der Waals surface area contributed by atoms with Gasteiger partial charge in [-0.15, -0.1) is 0 Å². The summed E-state index contributed by atoms with van der Waals surface area (Å²) in [5, 5.41) is 8.87. The first-order valence-corrected chi connectivity index (χ1v) is 8.76. The maximum atomic E-state index is 12.7. The number of nitrogens with zero attached hydrogens (tertiary/aromatic N) is 2. The Morgan fingerprint density at radius 3 is 2.69 bits per heavy atom. The van der Waals surface area contributed by atoms with Gasteiger partial charge in [-0.3, -0.25) is 4.79 Å². The highest BCUT2D eigenvalue weighted by molar-refractivity contribution is 7.15. The van der Waals surface area contributed by atoms with E-state index in [1.54, 1.807) is 34.7 Å². The van der Waals surface area contributed by atoms with E-state index in [9.17, 15) is 9.59 Å². The van der Waals surface area contributed by atoms with Crippen molar-refractivity contribution in [3.63, 3.8) is 0 Å². The lowest BCUT2D eigenvalue weighted by atomic mass is 10.2. The summed E-state index contributed by atoms with van der Waals surface area (Å²) in [7, 11) is 0. The Morgan fingerprint density at radius 2 is 1.96 bits per heavy atom. The second-order valence-corrected chi connectivity index (χ2v) is 6.81. The number of imidazole rings is 1. The normalized spacial score (nSPS) is 13.3. The average molecular weight is 366 g/mol. The first-order chi connectivity index (χ1) is 12.5. The molecule has 0 spiro atoms. The third kappa shape index (κ3) is 2.82. The number of aromatic nitrogens is 2. The van der Waals surface area contributed by atoms with Gasteiger partial charge >= 0.3 is 5.97 Å². The molecular weight excluding hydrogens is 352 g/mol. The highest BCUT2D eigenvalue weighted by Crippen LogP contribution is 2.17. The van der Waals surface area contributed by atoms with Gasteiger partial charge in [0.15, 0.2) is 11.1 Å². The summed E-state index contributed by atoms with van der Waals surface area (Å²) in [6.07, 6.45) is 0.873. The SMILES string of the molecule is CC(Oc1ccc(/C=c2\sc3nc4ccccc4n3c2=O)cc1)C(=O)O. The second kappa shape index (κ2) is 6.27. The van der Waals surface area contributed by atoms with Gasteiger partial charge in [0, 0.05) is 0 Å². The van der Waals surface area contributed by atoms with E-state index in [1.807, 2.05) is 24.3 Å². The van der Waals surface area contributed by atoms with Gasteiger partial charge in [0.1, 0.15) is 5.75 Å². The highest BCUT2D eigenvalue weighted by Gasteiger charge is 2.12. The lowest BCUT2D eigenvalue weighted by molar-refractivity contribution is -0.144. The van der Waals surface area contributed by atoms with Crippen LogP contribution in [0.25, 0.3) is 22.1 Å². The van der Waals surface area contributed by atoms with Gasteiger partial charge in [0.2, 0.25) is 0 Å². The van der Waals surface area contributed by atoms with E-state index >= 15 is 0 Å². The Kier molecular flexibility index (Phi) is 3.93. The number of carbonyl (C=O) groups is 1. The van der Waals surface area contributed by atoms with Crippen LogP contribution in [0.4, 0.5) is 0 Å². The van der Waals surface area contributed by atoms with Crippen LogP contribution < -0.4 is 14.8 Å². The van der Waals surface area contributed by atoms with Gasteiger partial charge in [-0.25, -0.2) is 14.2 Å². The molecule has 6 nitrogen and oxygen atoms in total. The summed E-state index contributed by atoms with van der Waals surface area (Å²) >= 11 is 1.34. The van der Waals surface area contributed by atoms with Gasteiger partial charge in [-0.1, -0.05) is 35.6 Å². The summed E-state index contributed by atoms with van der Waals surface area (Å²) < 4.78 is 7.51. The molecule has 0 aliphatic rings. The minimum Gasteiger partial charge on any atom is -0.479 e. The molecular formula is C19H14N2O4S. The molecule has 4 aromatic rings. The van der Waals surface area contributed by atoms with E-state index in [4.69, 9.17) is 9.84 Å². The zero-order valence-electron chi connectivity index (χ0n) is 13.7. The average Bonchev–Trinajstić information content (AvgIpc) is 3.13. The number of hydrogen-bond acceptors (Lipinski definition) is 5. The molecule has 2 heterocycles. The number of thiazole rings is 1. The van der Waals surface area contributed by atoms with Crippen molar-refractivity contribution in [2.24, 2.45) is 0 Å². The summed E-state index contributed by atoms with van der Waals surface area (Å²) in [6, 6.07) is 14.5. The topological polar surface area (TPSA) is 80.9 Å². The number of benzene rings is 2. The molecule has 0 amide bonds. The first kappa shape index (κ1) is 16.3. The van der Waals surface area contributed by atoms with Crippen molar-refractivity contribution in [1.29, 1.82) is 0 Å². The lowest BCUT2D eigenvalue weighted by Gasteiger charge is -2.09. The number of para-hydroxylation sites is 2. The van der Waals surface area contributed by atoms with Crippen LogP contribution in [-0.4, -0.2) is 26.6 Å². The predicted octanol–water partition coefficient (Wildman–Crippen LogP) is 2.31. The van der Waals surface area contributed by atoms with Crippen molar-refractivity contribution in [3.8, 4) is 5.75 Å². The van der Waals surface area contributed by atoms with Crippen molar-refractivity contribution in [1.82, 2.24) is 9.38 Å². The molecule has 0 aliphatic heterocycles. The first-order valence-electron chi connectivity index (χ1n) is 7.94. The predicted molar refractivity (Wildman–Crippen MR) is 99.8 cm³/mol. The molecule has 1 N–H and O–H groups in total. The van der Waals surface area contributed by atoms with Gasteiger partial charge < -0.3 is 9.84 Å². The summed E-state index contributed by atoms with van der Waals surface area (Å²) in [6.45, 7) is 1.47. The number of rotatable bonds is 4. The van der Waals surface area contributed by atoms with Crippen LogP contribution in [0.5, 0.6) is 5.75 Å². The maximum Gasteiger partial charge on any atom is 0.344 e. The van der Waals surface area contributed by atoms with E-state index < -0.39 is 12.1 Å². The molecule has 0 fully saturated rings. The van der Waals surface area contributed by atoms with Gasteiger partial charge in [-0.2, -0.15) is 0 Å². The number of carboxylic acid groups (broad SMARTS) is 1. The Labute approximate surface area is 151 Å². The molecule has 0 saturated carbocycles. The minimum atomic E-state index is -1.02. The molecule has 7 heteroatoms. The lowest BCUT2D eigenvalue weighted by Crippen LogP contribution is -2.23. The minimum absolute atomic E-state index is 0.0986. The molecule has 1 atom stereocenters. The fraction of sp³-hybridized carbons (Fsp3) is 0.105. The van der Waals surface area contributed by atoms with E-state index in [0.717, 1.165) is 16.6 Å². The van der Waals surface area contributed by atoms with Crippen LogP contribution in [0.1, 0.15) is 12.5 Å². The van der Waals surface area contributed by atoms with Crippen LogP contribution >= 0.6 is 11.3 Å². The van der Waals surface area contributed by atoms with Crippen LogP contribution in [0.3, 0.4) is 0 Å². The molecule has 0 saturated heterocycles. The van der Waals surface area contributed by atoms with Crippen molar-refractivity contribution in [2.45, 2.75) is 13.0 Å². The molecule has 26 heavy (non-hydrogen) atoms. The van der Waals surface area contributed by atoms with E-state index in [2.05, 4.69) is 4.98 Å². The van der Waals surface area contributed by atoms with E-state index in [0.29, 0.717) is 15.2 Å². The molecule has 1 unspecified atom stereocenters. The van der Waals surface area contributed by atoms with Gasteiger partial charge in [-0.05, 0) is 42.8 Å². The number of carboxylic acids is 1. The smallest absolute Gasteiger partial charge is 0.344 e. The zero-order chi connectivity index (χ0) is 18.3. The molecule has 0 aliphatic carbocycles. The van der Waals surface area contributed by atoms with Crippen LogP contribution in [0.2, 0.25) is 0 Å².